The molecule has 0 bridgehead atoms. The molecule has 1 amide bonds. The van der Waals surface area contributed by atoms with E-state index in [1.165, 1.54) is 0 Å². The number of aromatic nitrogens is 1. The molecule has 1 rings (SSSR count). The van der Waals surface area contributed by atoms with Crippen LogP contribution in [0, 0.1) is 19.8 Å². The number of hydrogen-bond acceptors (Lipinski definition) is 4. The SMILES string of the molecule is CCOC(=O)c1c(C)c(C(=O)C(C)N(C(=O)C(C)C)C(C)C)c(C)n1C. The van der Waals surface area contributed by atoms with Crippen LogP contribution in [0.25, 0.3) is 0 Å². The molecule has 1 aromatic rings. The van der Waals surface area contributed by atoms with Crippen LogP contribution in [-0.4, -0.2) is 45.8 Å². The average Bonchev–Trinajstić information content (AvgIpc) is 2.76. The van der Waals surface area contributed by atoms with Crippen molar-refractivity contribution in [2.45, 2.75) is 67.5 Å². The fourth-order valence-electron chi connectivity index (χ4n) is 3.36. The van der Waals surface area contributed by atoms with Crippen LogP contribution in [0.3, 0.4) is 0 Å². The van der Waals surface area contributed by atoms with E-state index in [9.17, 15) is 14.4 Å². The van der Waals surface area contributed by atoms with Crippen molar-refractivity contribution in [2.75, 3.05) is 6.61 Å². The Morgan fingerprint density at radius 3 is 2.04 bits per heavy atom. The summed E-state index contributed by atoms with van der Waals surface area (Å²) in [6.07, 6.45) is 0. The van der Waals surface area contributed by atoms with E-state index in [-0.39, 0.29) is 30.3 Å². The van der Waals surface area contributed by atoms with Crippen LogP contribution in [0.1, 0.15) is 73.6 Å². The van der Waals surface area contributed by atoms with Gasteiger partial charge < -0.3 is 14.2 Å². The Hall–Kier alpha value is -2.11. The maximum absolute atomic E-state index is 13.2. The average molecular weight is 364 g/mol. The second-order valence-electron chi connectivity index (χ2n) is 7.25. The van der Waals surface area contributed by atoms with E-state index in [2.05, 4.69) is 0 Å². The molecule has 146 valence electrons. The number of ether oxygens (including phenoxy) is 1. The minimum Gasteiger partial charge on any atom is -0.461 e. The van der Waals surface area contributed by atoms with E-state index in [0.29, 0.717) is 22.5 Å². The normalized spacial score (nSPS) is 12.4. The van der Waals surface area contributed by atoms with Crippen LogP contribution >= 0.6 is 0 Å². The molecule has 0 aliphatic carbocycles. The van der Waals surface area contributed by atoms with Gasteiger partial charge in [-0.25, -0.2) is 4.79 Å². The Morgan fingerprint density at radius 2 is 1.62 bits per heavy atom. The highest BCUT2D eigenvalue weighted by molar-refractivity contribution is 6.06. The fraction of sp³-hybridized carbons (Fsp3) is 0.650. The molecule has 0 fully saturated rings. The molecule has 26 heavy (non-hydrogen) atoms. The largest absolute Gasteiger partial charge is 0.461 e. The number of carbonyl (C=O) groups is 3. The first kappa shape index (κ1) is 21.9. The van der Waals surface area contributed by atoms with Crippen LogP contribution in [0.15, 0.2) is 0 Å². The summed E-state index contributed by atoms with van der Waals surface area (Å²) in [5, 5.41) is 0. The third kappa shape index (κ3) is 4.00. The lowest BCUT2D eigenvalue weighted by Gasteiger charge is -2.33. The molecular formula is C20H32N2O4. The lowest BCUT2D eigenvalue weighted by atomic mass is 9.98. The first-order chi connectivity index (χ1) is 12.0. The van der Waals surface area contributed by atoms with Gasteiger partial charge in [0, 0.05) is 30.3 Å². The van der Waals surface area contributed by atoms with E-state index in [1.54, 1.807) is 44.2 Å². The molecule has 6 heteroatoms. The molecule has 1 aromatic heterocycles. The van der Waals surface area contributed by atoms with Crippen molar-refractivity contribution >= 4 is 17.7 Å². The number of Topliss-reactive ketones (excluding diaryl/α,β-unsaturated/α-hetero) is 1. The minimum atomic E-state index is -0.611. The van der Waals surface area contributed by atoms with Crippen molar-refractivity contribution in [3.05, 3.63) is 22.5 Å². The van der Waals surface area contributed by atoms with Gasteiger partial charge in [0.15, 0.2) is 5.78 Å². The minimum absolute atomic E-state index is 0.0577. The third-order valence-electron chi connectivity index (χ3n) is 4.75. The predicted molar refractivity (Wildman–Crippen MR) is 101 cm³/mol. The molecule has 0 saturated heterocycles. The molecule has 0 radical (unpaired) electrons. The summed E-state index contributed by atoms with van der Waals surface area (Å²) < 4.78 is 6.81. The topological polar surface area (TPSA) is 68.6 Å². The summed E-state index contributed by atoms with van der Waals surface area (Å²) in [4.78, 5) is 39.7. The summed E-state index contributed by atoms with van der Waals surface area (Å²) in [5.74, 6) is -0.853. The van der Waals surface area contributed by atoms with Gasteiger partial charge in [-0.2, -0.15) is 0 Å². The molecule has 0 spiro atoms. The van der Waals surface area contributed by atoms with Crippen LogP contribution < -0.4 is 0 Å². The van der Waals surface area contributed by atoms with Crippen molar-refractivity contribution in [1.29, 1.82) is 0 Å². The highest BCUT2D eigenvalue weighted by atomic mass is 16.5. The molecule has 0 saturated carbocycles. The zero-order chi connectivity index (χ0) is 20.3. The third-order valence-corrected chi connectivity index (χ3v) is 4.75. The maximum Gasteiger partial charge on any atom is 0.355 e. The van der Waals surface area contributed by atoms with Gasteiger partial charge in [0.05, 0.1) is 12.6 Å². The van der Waals surface area contributed by atoms with Crippen molar-refractivity contribution in [3.63, 3.8) is 0 Å². The Labute approximate surface area is 156 Å². The van der Waals surface area contributed by atoms with Gasteiger partial charge in [0.2, 0.25) is 5.91 Å². The van der Waals surface area contributed by atoms with Gasteiger partial charge in [0.1, 0.15) is 5.69 Å². The number of esters is 1. The van der Waals surface area contributed by atoms with Gasteiger partial charge >= 0.3 is 5.97 Å². The van der Waals surface area contributed by atoms with Gasteiger partial charge in [-0.1, -0.05) is 13.8 Å². The lowest BCUT2D eigenvalue weighted by Crippen LogP contribution is -2.49. The molecule has 0 aliphatic rings. The van der Waals surface area contributed by atoms with Crippen molar-refractivity contribution in [1.82, 2.24) is 9.47 Å². The van der Waals surface area contributed by atoms with Crippen LogP contribution in [0.4, 0.5) is 0 Å². The Morgan fingerprint density at radius 1 is 1.08 bits per heavy atom. The number of ketones is 1. The standard InChI is InChI=1S/C20H32N2O4/c1-10-26-20(25)17-13(6)16(14(7)21(17)9)18(23)15(8)22(12(4)5)19(24)11(2)3/h11-12,15H,10H2,1-9H3. The van der Waals surface area contributed by atoms with E-state index in [4.69, 9.17) is 4.74 Å². The fourth-order valence-corrected chi connectivity index (χ4v) is 3.36. The number of carbonyl (C=O) groups excluding carboxylic acids is 3. The summed E-state index contributed by atoms with van der Waals surface area (Å²) >= 11 is 0. The van der Waals surface area contributed by atoms with Crippen LogP contribution in [0.5, 0.6) is 0 Å². The molecule has 6 nitrogen and oxygen atoms in total. The number of hydrogen-bond donors (Lipinski definition) is 0. The molecule has 0 aliphatic heterocycles. The monoisotopic (exact) mass is 364 g/mol. The highest BCUT2D eigenvalue weighted by Crippen LogP contribution is 2.25. The second-order valence-corrected chi connectivity index (χ2v) is 7.25. The summed E-state index contributed by atoms with van der Waals surface area (Å²) in [7, 11) is 1.75. The van der Waals surface area contributed by atoms with Gasteiger partial charge in [0.25, 0.3) is 0 Å². The smallest absolute Gasteiger partial charge is 0.355 e. The molecule has 0 aromatic carbocycles. The molecular weight excluding hydrogens is 332 g/mol. The Kier molecular flexibility index (Phi) is 7.18. The van der Waals surface area contributed by atoms with E-state index >= 15 is 0 Å². The van der Waals surface area contributed by atoms with Crippen LogP contribution in [-0.2, 0) is 16.6 Å². The highest BCUT2D eigenvalue weighted by Gasteiger charge is 2.34. The molecule has 1 unspecified atom stereocenters. The van der Waals surface area contributed by atoms with Gasteiger partial charge in [-0.05, 0) is 47.1 Å². The Bertz CT molecular complexity index is 701. The van der Waals surface area contributed by atoms with Crippen molar-refractivity contribution < 1.29 is 19.1 Å². The van der Waals surface area contributed by atoms with E-state index in [1.807, 2.05) is 27.7 Å². The maximum atomic E-state index is 13.2. The van der Waals surface area contributed by atoms with Crippen molar-refractivity contribution in [2.24, 2.45) is 13.0 Å². The van der Waals surface area contributed by atoms with Gasteiger partial charge in [-0.3, -0.25) is 9.59 Å². The summed E-state index contributed by atoms with van der Waals surface area (Å²) in [5.41, 5.74) is 2.17. The van der Waals surface area contributed by atoms with E-state index < -0.39 is 12.0 Å². The quantitative estimate of drug-likeness (QED) is 0.550. The zero-order valence-electron chi connectivity index (χ0n) is 17.5. The molecule has 1 heterocycles. The summed E-state index contributed by atoms with van der Waals surface area (Å²) in [6.45, 7) is 14.8. The number of rotatable bonds is 7. The number of nitrogens with zero attached hydrogens (tertiary/aromatic N) is 2. The molecule has 1 atom stereocenters. The van der Waals surface area contributed by atoms with Gasteiger partial charge in [-0.15, -0.1) is 0 Å². The number of amides is 1. The van der Waals surface area contributed by atoms with E-state index in [0.717, 1.165) is 0 Å². The first-order valence-corrected chi connectivity index (χ1v) is 9.16. The molecule has 0 N–H and O–H groups in total. The predicted octanol–water partition coefficient (Wildman–Crippen LogP) is 3.28. The van der Waals surface area contributed by atoms with Crippen LogP contribution in [0.2, 0.25) is 0 Å². The summed E-state index contributed by atoms with van der Waals surface area (Å²) in [6, 6.07) is -0.711. The Balaban J connectivity index is 3.38. The first-order valence-electron chi connectivity index (χ1n) is 9.16. The van der Waals surface area contributed by atoms with Crippen molar-refractivity contribution in [3.8, 4) is 0 Å². The second kappa shape index (κ2) is 8.52. The lowest BCUT2D eigenvalue weighted by molar-refractivity contribution is -0.137. The zero-order valence-corrected chi connectivity index (χ0v) is 17.5.